The first-order chi connectivity index (χ1) is 11.0. The van der Waals surface area contributed by atoms with E-state index in [0.29, 0.717) is 11.8 Å². The molecule has 0 spiro atoms. The summed E-state index contributed by atoms with van der Waals surface area (Å²) in [5, 5.41) is 7.76. The predicted molar refractivity (Wildman–Crippen MR) is 90.1 cm³/mol. The molecule has 2 aliphatic heterocycles. The Labute approximate surface area is 138 Å². The minimum absolute atomic E-state index is 0.158. The summed E-state index contributed by atoms with van der Waals surface area (Å²) in [5.41, 5.74) is 3.70. The highest BCUT2D eigenvalue weighted by molar-refractivity contribution is 5.79. The summed E-state index contributed by atoms with van der Waals surface area (Å²) in [6, 6.07) is 0. The normalized spacial score (nSPS) is 21.3. The van der Waals surface area contributed by atoms with Crippen LogP contribution in [0.5, 0.6) is 0 Å². The lowest BCUT2D eigenvalue weighted by Crippen LogP contribution is -2.54. The van der Waals surface area contributed by atoms with Crippen molar-refractivity contribution in [1.29, 1.82) is 0 Å². The number of carbonyl (C=O) groups is 1. The van der Waals surface area contributed by atoms with Crippen LogP contribution >= 0.6 is 0 Å². The third kappa shape index (κ3) is 3.28. The Hall–Kier alpha value is -1.40. The summed E-state index contributed by atoms with van der Waals surface area (Å²) in [4.78, 5) is 17.1. The fourth-order valence-electron chi connectivity index (χ4n) is 3.55. The van der Waals surface area contributed by atoms with Gasteiger partial charge in [-0.05, 0) is 32.9 Å². The molecule has 1 aromatic heterocycles. The first kappa shape index (κ1) is 16.5. The van der Waals surface area contributed by atoms with E-state index in [2.05, 4.69) is 41.0 Å². The fraction of sp³-hybridized carbons (Fsp3) is 0.765. The smallest absolute Gasteiger partial charge is 0.225 e. The maximum absolute atomic E-state index is 12.6. The third-order valence-electron chi connectivity index (χ3n) is 5.63. The minimum atomic E-state index is 0.158. The second kappa shape index (κ2) is 6.61. The van der Waals surface area contributed by atoms with Crippen molar-refractivity contribution in [3.05, 3.63) is 17.0 Å². The van der Waals surface area contributed by atoms with Crippen LogP contribution in [0.4, 0.5) is 0 Å². The van der Waals surface area contributed by atoms with Crippen molar-refractivity contribution in [3.63, 3.8) is 0 Å². The molecule has 3 rings (SSSR count). The van der Waals surface area contributed by atoms with Gasteiger partial charge in [0.1, 0.15) is 0 Å². The Morgan fingerprint density at radius 2 is 1.91 bits per heavy atom. The molecular formula is C17H29N5O. The van der Waals surface area contributed by atoms with Crippen LogP contribution in [-0.4, -0.2) is 64.8 Å². The van der Waals surface area contributed by atoms with Crippen LogP contribution < -0.4 is 5.32 Å². The molecule has 128 valence electrons. The van der Waals surface area contributed by atoms with Gasteiger partial charge >= 0.3 is 0 Å². The molecule has 2 aliphatic rings. The summed E-state index contributed by atoms with van der Waals surface area (Å²) < 4.78 is 1.96. The number of rotatable bonds is 4. The average molecular weight is 319 g/mol. The lowest BCUT2D eigenvalue weighted by atomic mass is 9.88. The number of carbonyl (C=O) groups excluding carboxylic acids is 1. The standard InChI is InChI=1S/C17H29N5O/c1-12(15-9-18-10-15)17(23)22-7-5-21(6-8-22)11-16-13(2)19-20(4)14(16)3/h12,15,18H,5-11H2,1-4H3. The summed E-state index contributed by atoms with van der Waals surface area (Å²) in [5.74, 6) is 1.02. The molecule has 0 bridgehead atoms. The van der Waals surface area contributed by atoms with Crippen LogP contribution in [0.15, 0.2) is 0 Å². The molecule has 1 aromatic rings. The summed E-state index contributed by atoms with van der Waals surface area (Å²) in [6.07, 6.45) is 0. The first-order valence-electron chi connectivity index (χ1n) is 8.68. The molecule has 0 aromatic carbocycles. The quantitative estimate of drug-likeness (QED) is 0.880. The zero-order valence-corrected chi connectivity index (χ0v) is 14.8. The molecule has 0 aliphatic carbocycles. The fourth-order valence-corrected chi connectivity index (χ4v) is 3.55. The van der Waals surface area contributed by atoms with Crippen LogP contribution in [0, 0.1) is 25.7 Å². The van der Waals surface area contributed by atoms with Gasteiger partial charge in [-0.25, -0.2) is 0 Å². The molecule has 2 saturated heterocycles. The van der Waals surface area contributed by atoms with E-state index in [-0.39, 0.29) is 5.92 Å². The van der Waals surface area contributed by atoms with E-state index < -0.39 is 0 Å². The molecule has 6 nitrogen and oxygen atoms in total. The van der Waals surface area contributed by atoms with Crippen molar-refractivity contribution in [2.24, 2.45) is 18.9 Å². The highest BCUT2D eigenvalue weighted by Gasteiger charge is 2.32. The Balaban J connectivity index is 1.53. The van der Waals surface area contributed by atoms with Crippen molar-refractivity contribution < 1.29 is 4.79 Å². The van der Waals surface area contributed by atoms with Crippen LogP contribution in [0.25, 0.3) is 0 Å². The Kier molecular flexibility index (Phi) is 4.73. The molecule has 0 radical (unpaired) electrons. The molecule has 2 fully saturated rings. The third-order valence-corrected chi connectivity index (χ3v) is 5.63. The number of amides is 1. The lowest BCUT2D eigenvalue weighted by molar-refractivity contribution is -0.139. The van der Waals surface area contributed by atoms with E-state index >= 15 is 0 Å². The van der Waals surface area contributed by atoms with E-state index in [1.54, 1.807) is 0 Å². The minimum Gasteiger partial charge on any atom is -0.340 e. The first-order valence-corrected chi connectivity index (χ1v) is 8.68. The molecule has 1 atom stereocenters. The maximum atomic E-state index is 12.6. The highest BCUT2D eigenvalue weighted by atomic mass is 16.2. The Bertz CT molecular complexity index is 570. The number of aryl methyl sites for hydroxylation is 2. The Morgan fingerprint density at radius 3 is 2.39 bits per heavy atom. The van der Waals surface area contributed by atoms with Crippen LogP contribution in [0.2, 0.25) is 0 Å². The van der Waals surface area contributed by atoms with Gasteiger partial charge in [0, 0.05) is 56.9 Å². The SMILES string of the molecule is Cc1nn(C)c(C)c1CN1CCN(C(=O)C(C)C2CNC2)CC1. The molecule has 1 unspecified atom stereocenters. The van der Waals surface area contributed by atoms with Gasteiger partial charge in [0.05, 0.1) is 5.69 Å². The van der Waals surface area contributed by atoms with Gasteiger partial charge in [0.2, 0.25) is 5.91 Å². The summed E-state index contributed by atoms with van der Waals surface area (Å²) in [6.45, 7) is 12.8. The van der Waals surface area contributed by atoms with E-state index in [1.807, 2.05) is 11.7 Å². The van der Waals surface area contributed by atoms with Crippen LogP contribution in [0.3, 0.4) is 0 Å². The lowest BCUT2D eigenvalue weighted by Gasteiger charge is -2.39. The number of hydrogen-bond donors (Lipinski definition) is 1. The number of nitrogens with one attached hydrogen (secondary N) is 1. The van der Waals surface area contributed by atoms with Gasteiger partial charge in [-0.1, -0.05) is 6.92 Å². The summed E-state index contributed by atoms with van der Waals surface area (Å²) >= 11 is 0. The number of nitrogens with zero attached hydrogens (tertiary/aromatic N) is 4. The zero-order valence-electron chi connectivity index (χ0n) is 14.8. The largest absolute Gasteiger partial charge is 0.340 e. The van der Waals surface area contributed by atoms with Crippen LogP contribution in [0.1, 0.15) is 23.9 Å². The van der Waals surface area contributed by atoms with Crippen LogP contribution in [-0.2, 0) is 18.4 Å². The van der Waals surface area contributed by atoms with E-state index in [0.717, 1.165) is 51.5 Å². The van der Waals surface area contributed by atoms with Gasteiger partial charge in [0.15, 0.2) is 0 Å². The van der Waals surface area contributed by atoms with Crippen molar-refractivity contribution >= 4 is 5.91 Å². The van der Waals surface area contributed by atoms with E-state index in [1.165, 1.54) is 11.3 Å². The molecule has 1 N–H and O–H groups in total. The van der Waals surface area contributed by atoms with Gasteiger partial charge in [-0.15, -0.1) is 0 Å². The van der Waals surface area contributed by atoms with E-state index in [9.17, 15) is 4.79 Å². The number of hydrogen-bond acceptors (Lipinski definition) is 4. The van der Waals surface area contributed by atoms with E-state index in [4.69, 9.17) is 0 Å². The average Bonchev–Trinajstić information content (AvgIpc) is 2.72. The predicted octanol–water partition coefficient (Wildman–Crippen LogP) is 0.537. The molecule has 0 saturated carbocycles. The number of aromatic nitrogens is 2. The molecule has 3 heterocycles. The number of piperazine rings is 1. The molecule has 23 heavy (non-hydrogen) atoms. The zero-order chi connectivity index (χ0) is 16.6. The van der Waals surface area contributed by atoms with Gasteiger partial charge < -0.3 is 10.2 Å². The molecule has 6 heteroatoms. The van der Waals surface area contributed by atoms with Crippen molar-refractivity contribution in [2.75, 3.05) is 39.3 Å². The second-order valence-electron chi connectivity index (χ2n) is 7.08. The molecular weight excluding hydrogens is 290 g/mol. The molecule has 1 amide bonds. The monoisotopic (exact) mass is 319 g/mol. The van der Waals surface area contributed by atoms with Gasteiger partial charge in [-0.2, -0.15) is 5.10 Å². The summed E-state index contributed by atoms with van der Waals surface area (Å²) in [7, 11) is 2.00. The second-order valence-corrected chi connectivity index (χ2v) is 7.08. The highest BCUT2D eigenvalue weighted by Crippen LogP contribution is 2.20. The van der Waals surface area contributed by atoms with Gasteiger partial charge in [-0.3, -0.25) is 14.4 Å². The van der Waals surface area contributed by atoms with Crippen molar-refractivity contribution in [1.82, 2.24) is 24.9 Å². The topological polar surface area (TPSA) is 53.4 Å². The maximum Gasteiger partial charge on any atom is 0.225 e. The van der Waals surface area contributed by atoms with Crippen molar-refractivity contribution in [2.45, 2.75) is 27.3 Å². The Morgan fingerprint density at radius 1 is 1.26 bits per heavy atom. The van der Waals surface area contributed by atoms with Gasteiger partial charge in [0.25, 0.3) is 0 Å². The van der Waals surface area contributed by atoms with Crippen molar-refractivity contribution in [3.8, 4) is 0 Å².